The summed E-state index contributed by atoms with van der Waals surface area (Å²) in [7, 11) is 0. The van der Waals surface area contributed by atoms with Gasteiger partial charge in [-0.3, -0.25) is 0 Å². The predicted molar refractivity (Wildman–Crippen MR) is 46.5 cm³/mol. The molecule has 1 rings (SSSR count). The molecule has 0 aromatic carbocycles. The molecule has 0 saturated carbocycles. The zero-order valence-corrected chi connectivity index (χ0v) is 7.09. The van der Waals surface area contributed by atoms with Crippen molar-refractivity contribution in [2.75, 3.05) is 11.9 Å². The standard InChI is InChI=1S/C8H15N3/c1-3-7(2)6-11-8-9-4-5-10-8/h4-5,7H,3,6H2,1-2H3,(H2,9,10,11). The number of hydrogen-bond acceptors (Lipinski definition) is 2. The van der Waals surface area contributed by atoms with Gasteiger partial charge in [-0.05, 0) is 5.92 Å². The quantitative estimate of drug-likeness (QED) is 0.693. The van der Waals surface area contributed by atoms with Crippen molar-refractivity contribution in [1.82, 2.24) is 9.97 Å². The van der Waals surface area contributed by atoms with E-state index in [0.29, 0.717) is 5.92 Å². The number of anilines is 1. The molecule has 0 aliphatic carbocycles. The fourth-order valence-corrected chi connectivity index (χ4v) is 0.777. The first-order chi connectivity index (χ1) is 5.33. The second-order valence-electron chi connectivity index (χ2n) is 2.83. The molecule has 3 heteroatoms. The molecule has 0 bridgehead atoms. The topological polar surface area (TPSA) is 40.7 Å². The average molecular weight is 153 g/mol. The van der Waals surface area contributed by atoms with Crippen molar-refractivity contribution in [2.45, 2.75) is 20.3 Å². The zero-order valence-electron chi connectivity index (χ0n) is 7.09. The molecule has 11 heavy (non-hydrogen) atoms. The van der Waals surface area contributed by atoms with Gasteiger partial charge >= 0.3 is 0 Å². The van der Waals surface area contributed by atoms with E-state index in [1.165, 1.54) is 6.42 Å². The molecule has 0 fully saturated rings. The Hall–Kier alpha value is -0.990. The third-order valence-electron chi connectivity index (χ3n) is 1.81. The van der Waals surface area contributed by atoms with E-state index < -0.39 is 0 Å². The number of aromatic amines is 1. The van der Waals surface area contributed by atoms with Crippen molar-refractivity contribution in [2.24, 2.45) is 5.92 Å². The average Bonchev–Trinajstić information content (AvgIpc) is 2.52. The molecule has 1 aromatic rings. The Kier molecular flexibility index (Phi) is 2.95. The number of hydrogen-bond donors (Lipinski definition) is 2. The van der Waals surface area contributed by atoms with Gasteiger partial charge in [-0.25, -0.2) is 4.98 Å². The van der Waals surface area contributed by atoms with Crippen molar-refractivity contribution in [3.8, 4) is 0 Å². The number of rotatable bonds is 4. The van der Waals surface area contributed by atoms with E-state index >= 15 is 0 Å². The van der Waals surface area contributed by atoms with Gasteiger partial charge in [0.2, 0.25) is 0 Å². The second kappa shape index (κ2) is 4.01. The highest BCUT2D eigenvalue weighted by atomic mass is 15.1. The largest absolute Gasteiger partial charge is 0.356 e. The van der Waals surface area contributed by atoms with Gasteiger partial charge in [-0.2, -0.15) is 0 Å². The van der Waals surface area contributed by atoms with Crippen LogP contribution in [0.15, 0.2) is 12.4 Å². The van der Waals surface area contributed by atoms with Gasteiger partial charge in [0.1, 0.15) is 0 Å². The van der Waals surface area contributed by atoms with Crippen molar-refractivity contribution in [1.29, 1.82) is 0 Å². The van der Waals surface area contributed by atoms with E-state index in [-0.39, 0.29) is 0 Å². The maximum atomic E-state index is 4.06. The van der Waals surface area contributed by atoms with Gasteiger partial charge in [0, 0.05) is 18.9 Å². The maximum Gasteiger partial charge on any atom is 0.200 e. The number of imidazole rings is 1. The van der Waals surface area contributed by atoms with Crippen LogP contribution in [0.4, 0.5) is 5.95 Å². The molecule has 1 heterocycles. The number of nitrogens with one attached hydrogen (secondary N) is 2. The zero-order chi connectivity index (χ0) is 8.10. The summed E-state index contributed by atoms with van der Waals surface area (Å²) in [5.74, 6) is 1.57. The Morgan fingerprint density at radius 3 is 3.09 bits per heavy atom. The van der Waals surface area contributed by atoms with Crippen LogP contribution < -0.4 is 5.32 Å². The minimum Gasteiger partial charge on any atom is -0.356 e. The number of aromatic nitrogens is 2. The summed E-state index contributed by atoms with van der Waals surface area (Å²) in [6.07, 6.45) is 4.77. The lowest BCUT2D eigenvalue weighted by molar-refractivity contribution is 0.591. The first-order valence-corrected chi connectivity index (χ1v) is 4.06. The van der Waals surface area contributed by atoms with Crippen LogP contribution in [0.3, 0.4) is 0 Å². The molecule has 2 N–H and O–H groups in total. The molecule has 62 valence electrons. The van der Waals surface area contributed by atoms with Crippen LogP contribution >= 0.6 is 0 Å². The van der Waals surface area contributed by atoms with Crippen LogP contribution in [-0.4, -0.2) is 16.5 Å². The maximum absolute atomic E-state index is 4.06. The lowest BCUT2D eigenvalue weighted by Crippen LogP contribution is -2.10. The fraction of sp³-hybridized carbons (Fsp3) is 0.625. The van der Waals surface area contributed by atoms with Gasteiger partial charge in [0.05, 0.1) is 0 Å². The van der Waals surface area contributed by atoms with E-state index in [9.17, 15) is 0 Å². The minimum absolute atomic E-state index is 0.708. The van der Waals surface area contributed by atoms with E-state index in [0.717, 1.165) is 12.5 Å². The molecule has 0 saturated heterocycles. The summed E-state index contributed by atoms with van der Waals surface area (Å²) in [5.41, 5.74) is 0. The van der Waals surface area contributed by atoms with E-state index in [2.05, 4.69) is 29.1 Å². The third kappa shape index (κ3) is 2.62. The van der Waals surface area contributed by atoms with Crippen LogP contribution in [-0.2, 0) is 0 Å². The van der Waals surface area contributed by atoms with Crippen LogP contribution in [0.5, 0.6) is 0 Å². The highest BCUT2D eigenvalue weighted by Crippen LogP contribution is 2.02. The van der Waals surface area contributed by atoms with Crippen LogP contribution in [0.25, 0.3) is 0 Å². The monoisotopic (exact) mass is 153 g/mol. The highest BCUT2D eigenvalue weighted by Gasteiger charge is 1.98. The van der Waals surface area contributed by atoms with Gasteiger partial charge in [0.15, 0.2) is 5.95 Å². The van der Waals surface area contributed by atoms with E-state index in [4.69, 9.17) is 0 Å². The lowest BCUT2D eigenvalue weighted by atomic mass is 10.1. The number of H-pyrrole nitrogens is 1. The first-order valence-electron chi connectivity index (χ1n) is 4.06. The molecule has 3 nitrogen and oxygen atoms in total. The Morgan fingerprint density at radius 2 is 2.55 bits per heavy atom. The molecule has 0 aliphatic heterocycles. The molecular formula is C8H15N3. The van der Waals surface area contributed by atoms with Crippen molar-refractivity contribution < 1.29 is 0 Å². The number of nitrogens with zero attached hydrogens (tertiary/aromatic N) is 1. The van der Waals surface area contributed by atoms with Crippen molar-refractivity contribution in [3.05, 3.63) is 12.4 Å². The normalized spacial score (nSPS) is 12.9. The van der Waals surface area contributed by atoms with Gasteiger partial charge < -0.3 is 10.3 Å². The summed E-state index contributed by atoms with van der Waals surface area (Å²) >= 11 is 0. The Labute approximate surface area is 67.2 Å². The highest BCUT2D eigenvalue weighted by molar-refractivity contribution is 5.22. The third-order valence-corrected chi connectivity index (χ3v) is 1.81. The molecule has 0 amide bonds. The Bertz CT molecular complexity index is 181. The minimum atomic E-state index is 0.708. The van der Waals surface area contributed by atoms with Crippen LogP contribution in [0, 0.1) is 5.92 Å². The molecule has 0 radical (unpaired) electrons. The predicted octanol–water partition coefficient (Wildman–Crippen LogP) is 1.87. The second-order valence-corrected chi connectivity index (χ2v) is 2.83. The first kappa shape index (κ1) is 8.11. The molecule has 0 spiro atoms. The SMILES string of the molecule is CCC(C)CNc1ncc[nH]1. The van der Waals surface area contributed by atoms with Gasteiger partial charge in [-0.15, -0.1) is 0 Å². The van der Waals surface area contributed by atoms with E-state index in [1.807, 2.05) is 6.20 Å². The van der Waals surface area contributed by atoms with Crippen molar-refractivity contribution >= 4 is 5.95 Å². The van der Waals surface area contributed by atoms with Crippen LogP contribution in [0.2, 0.25) is 0 Å². The Balaban J connectivity index is 2.23. The summed E-state index contributed by atoms with van der Waals surface area (Å²) in [5, 5.41) is 3.21. The van der Waals surface area contributed by atoms with Crippen LogP contribution in [0.1, 0.15) is 20.3 Å². The summed E-state index contributed by atoms with van der Waals surface area (Å²) in [4.78, 5) is 7.05. The van der Waals surface area contributed by atoms with Gasteiger partial charge in [0.25, 0.3) is 0 Å². The summed E-state index contributed by atoms with van der Waals surface area (Å²) in [6, 6.07) is 0. The van der Waals surface area contributed by atoms with Gasteiger partial charge in [-0.1, -0.05) is 20.3 Å². The molecule has 1 unspecified atom stereocenters. The summed E-state index contributed by atoms with van der Waals surface area (Å²) in [6.45, 7) is 5.40. The molecule has 0 aliphatic rings. The lowest BCUT2D eigenvalue weighted by Gasteiger charge is -2.07. The van der Waals surface area contributed by atoms with E-state index in [1.54, 1.807) is 6.20 Å². The Morgan fingerprint density at radius 1 is 1.73 bits per heavy atom. The van der Waals surface area contributed by atoms with Crippen molar-refractivity contribution in [3.63, 3.8) is 0 Å². The smallest absolute Gasteiger partial charge is 0.200 e. The molecule has 1 aromatic heterocycles. The molecular weight excluding hydrogens is 138 g/mol. The molecule has 1 atom stereocenters. The summed E-state index contributed by atoms with van der Waals surface area (Å²) < 4.78 is 0. The fourth-order valence-electron chi connectivity index (χ4n) is 0.777.